The van der Waals surface area contributed by atoms with Crippen molar-refractivity contribution in [3.8, 4) is 0 Å². The number of urea groups is 1. The first-order valence-corrected chi connectivity index (χ1v) is 5.76. The number of likely N-dealkylation sites (tertiary alicyclic amines) is 1. The topological polar surface area (TPSA) is 49.4 Å². The van der Waals surface area contributed by atoms with Gasteiger partial charge in [-0.3, -0.25) is 10.1 Å². The molecule has 4 heteroatoms. The zero-order valence-corrected chi connectivity index (χ0v) is 9.16. The molecule has 0 aromatic rings. The molecule has 0 radical (unpaired) electrons. The molecule has 2 fully saturated rings. The van der Waals surface area contributed by atoms with Crippen molar-refractivity contribution in [2.24, 2.45) is 11.8 Å². The molecule has 84 valence electrons. The Kier molecular flexibility index (Phi) is 2.93. The second-order valence-corrected chi connectivity index (χ2v) is 4.76. The van der Waals surface area contributed by atoms with E-state index in [0.29, 0.717) is 5.92 Å². The molecule has 3 amide bonds. The predicted molar refractivity (Wildman–Crippen MR) is 56.2 cm³/mol. The highest BCUT2D eigenvalue weighted by Gasteiger charge is 2.32. The molecule has 1 saturated heterocycles. The molecule has 2 rings (SSSR count). The summed E-state index contributed by atoms with van der Waals surface area (Å²) in [6.07, 6.45) is 4.11. The number of imide groups is 1. The van der Waals surface area contributed by atoms with Crippen molar-refractivity contribution < 1.29 is 9.59 Å². The van der Waals surface area contributed by atoms with Crippen LogP contribution in [-0.4, -0.2) is 29.9 Å². The number of piperidine rings is 1. The number of carbonyl (C=O) groups excluding carboxylic acids is 2. The smallest absolute Gasteiger partial charge is 0.324 e. The third-order valence-electron chi connectivity index (χ3n) is 3.12. The molecule has 1 atom stereocenters. The number of hydrogen-bond acceptors (Lipinski definition) is 2. The van der Waals surface area contributed by atoms with Gasteiger partial charge < -0.3 is 4.90 Å². The molecule has 15 heavy (non-hydrogen) atoms. The molecule has 4 nitrogen and oxygen atoms in total. The second kappa shape index (κ2) is 4.21. The third kappa shape index (κ3) is 2.70. The van der Waals surface area contributed by atoms with Crippen molar-refractivity contribution in [1.29, 1.82) is 0 Å². The highest BCUT2D eigenvalue weighted by atomic mass is 16.2. The first kappa shape index (κ1) is 10.5. The summed E-state index contributed by atoms with van der Waals surface area (Å²) in [5, 5.41) is 2.48. The minimum absolute atomic E-state index is 0.0850. The van der Waals surface area contributed by atoms with E-state index < -0.39 is 0 Å². The van der Waals surface area contributed by atoms with Crippen LogP contribution in [0.5, 0.6) is 0 Å². The normalized spacial score (nSPS) is 26.2. The number of nitrogens with zero attached hydrogens (tertiary/aromatic N) is 1. The van der Waals surface area contributed by atoms with Gasteiger partial charge in [0.1, 0.15) is 0 Å². The summed E-state index contributed by atoms with van der Waals surface area (Å²) in [5.74, 6) is 0.579. The summed E-state index contributed by atoms with van der Waals surface area (Å²) in [5.41, 5.74) is 0. The van der Waals surface area contributed by atoms with E-state index in [1.807, 2.05) is 0 Å². The number of hydrogen-bond donors (Lipinski definition) is 1. The Hall–Kier alpha value is -1.06. The van der Waals surface area contributed by atoms with Gasteiger partial charge in [0.25, 0.3) is 0 Å². The summed E-state index contributed by atoms with van der Waals surface area (Å²) in [7, 11) is 0. The molecule has 1 aliphatic carbocycles. The van der Waals surface area contributed by atoms with Gasteiger partial charge in [-0.25, -0.2) is 4.79 Å². The minimum Gasteiger partial charge on any atom is -0.324 e. The molecule has 0 aromatic heterocycles. The van der Waals surface area contributed by atoms with Gasteiger partial charge in [0.05, 0.1) is 0 Å². The van der Waals surface area contributed by atoms with Gasteiger partial charge in [-0.2, -0.15) is 0 Å². The minimum atomic E-state index is -0.196. The molecule has 0 aromatic carbocycles. The van der Waals surface area contributed by atoms with Crippen LogP contribution >= 0.6 is 0 Å². The van der Waals surface area contributed by atoms with E-state index in [-0.39, 0.29) is 17.9 Å². The van der Waals surface area contributed by atoms with Crippen molar-refractivity contribution in [1.82, 2.24) is 10.2 Å². The summed E-state index contributed by atoms with van der Waals surface area (Å²) in [4.78, 5) is 24.8. The first-order valence-electron chi connectivity index (χ1n) is 5.76. The highest BCUT2D eigenvalue weighted by Crippen LogP contribution is 2.28. The maximum Gasteiger partial charge on any atom is 0.324 e. The maximum absolute atomic E-state index is 11.7. The zero-order chi connectivity index (χ0) is 10.8. The quantitative estimate of drug-likeness (QED) is 0.710. The summed E-state index contributed by atoms with van der Waals surface area (Å²) in [6, 6.07) is -0.196. The fourth-order valence-electron chi connectivity index (χ4n) is 2.01. The number of carbonyl (C=O) groups is 2. The van der Waals surface area contributed by atoms with Crippen LogP contribution < -0.4 is 5.32 Å². The van der Waals surface area contributed by atoms with Crippen LogP contribution in [0.2, 0.25) is 0 Å². The van der Waals surface area contributed by atoms with Crippen LogP contribution in [0.1, 0.15) is 32.6 Å². The summed E-state index contributed by atoms with van der Waals surface area (Å²) < 4.78 is 0. The van der Waals surface area contributed by atoms with Gasteiger partial charge in [0.15, 0.2) is 0 Å². The third-order valence-corrected chi connectivity index (χ3v) is 3.12. The van der Waals surface area contributed by atoms with Crippen molar-refractivity contribution in [3.05, 3.63) is 0 Å². The average Bonchev–Trinajstić information content (AvgIpc) is 3.00. The molecule has 1 saturated carbocycles. The van der Waals surface area contributed by atoms with E-state index in [1.165, 1.54) is 6.42 Å². The number of amides is 3. The van der Waals surface area contributed by atoms with Crippen LogP contribution in [0, 0.1) is 11.8 Å². The average molecular weight is 210 g/mol. The van der Waals surface area contributed by atoms with Crippen molar-refractivity contribution in [3.63, 3.8) is 0 Å². The monoisotopic (exact) mass is 210 g/mol. The van der Waals surface area contributed by atoms with E-state index >= 15 is 0 Å². The number of nitrogens with one attached hydrogen (secondary N) is 1. The van der Waals surface area contributed by atoms with Gasteiger partial charge in [-0.15, -0.1) is 0 Å². The Bertz CT molecular complexity index is 274. The lowest BCUT2D eigenvalue weighted by Gasteiger charge is -2.30. The number of rotatable bonds is 1. The van der Waals surface area contributed by atoms with Crippen LogP contribution in [0.15, 0.2) is 0 Å². The Labute approximate surface area is 90.0 Å². The van der Waals surface area contributed by atoms with Crippen molar-refractivity contribution in [2.45, 2.75) is 32.6 Å². The molecule has 1 heterocycles. The molecule has 0 bridgehead atoms. The van der Waals surface area contributed by atoms with Crippen LogP contribution in [0.4, 0.5) is 4.79 Å². The lowest BCUT2D eigenvalue weighted by Crippen LogP contribution is -2.47. The summed E-state index contributed by atoms with van der Waals surface area (Å²) in [6.45, 7) is 3.71. The van der Waals surface area contributed by atoms with Gasteiger partial charge in [0.2, 0.25) is 5.91 Å². The molecular weight excluding hydrogens is 192 g/mol. The first-order chi connectivity index (χ1) is 7.16. The van der Waals surface area contributed by atoms with E-state index in [0.717, 1.165) is 32.4 Å². The SMILES string of the molecule is CC1CCCN(C(=O)NC(=O)C2CC2)C1. The molecule has 0 spiro atoms. The van der Waals surface area contributed by atoms with Crippen LogP contribution in [0.25, 0.3) is 0 Å². The molecule has 1 aliphatic heterocycles. The van der Waals surface area contributed by atoms with Gasteiger partial charge in [0, 0.05) is 19.0 Å². The Morgan fingerprint density at radius 1 is 1.27 bits per heavy atom. The summed E-state index contributed by atoms with van der Waals surface area (Å²) >= 11 is 0. The Morgan fingerprint density at radius 2 is 2.00 bits per heavy atom. The molecular formula is C11H18N2O2. The second-order valence-electron chi connectivity index (χ2n) is 4.76. The van der Waals surface area contributed by atoms with Crippen molar-refractivity contribution in [2.75, 3.05) is 13.1 Å². The van der Waals surface area contributed by atoms with E-state index in [4.69, 9.17) is 0 Å². The van der Waals surface area contributed by atoms with Crippen LogP contribution in [-0.2, 0) is 4.79 Å². The lowest BCUT2D eigenvalue weighted by atomic mass is 10.0. The fraction of sp³-hybridized carbons (Fsp3) is 0.818. The predicted octanol–water partition coefficient (Wildman–Crippen LogP) is 1.36. The Morgan fingerprint density at radius 3 is 2.60 bits per heavy atom. The van der Waals surface area contributed by atoms with E-state index in [2.05, 4.69) is 12.2 Å². The van der Waals surface area contributed by atoms with E-state index in [1.54, 1.807) is 4.90 Å². The van der Waals surface area contributed by atoms with Gasteiger partial charge >= 0.3 is 6.03 Å². The van der Waals surface area contributed by atoms with Crippen LogP contribution in [0.3, 0.4) is 0 Å². The fourth-order valence-corrected chi connectivity index (χ4v) is 2.01. The van der Waals surface area contributed by atoms with Gasteiger partial charge in [-0.05, 0) is 31.6 Å². The van der Waals surface area contributed by atoms with E-state index in [9.17, 15) is 9.59 Å². The highest BCUT2D eigenvalue weighted by molar-refractivity contribution is 5.96. The van der Waals surface area contributed by atoms with Crippen molar-refractivity contribution >= 4 is 11.9 Å². The maximum atomic E-state index is 11.7. The molecule has 1 N–H and O–H groups in total. The lowest BCUT2D eigenvalue weighted by molar-refractivity contribution is -0.121. The largest absolute Gasteiger partial charge is 0.324 e. The molecule has 2 aliphatic rings. The Balaban J connectivity index is 1.81. The standard InChI is InChI=1S/C11H18N2O2/c1-8-3-2-6-13(7-8)11(15)12-10(14)9-4-5-9/h8-9H,2-7H2,1H3,(H,12,14,15). The van der Waals surface area contributed by atoms with Gasteiger partial charge in [-0.1, -0.05) is 6.92 Å². The molecule has 1 unspecified atom stereocenters. The zero-order valence-electron chi connectivity index (χ0n) is 9.16.